The van der Waals surface area contributed by atoms with Crippen LogP contribution >= 0.6 is 39.1 Å². The van der Waals surface area contributed by atoms with E-state index in [4.69, 9.17) is 23.2 Å². The molecule has 2 rings (SSSR count). The molecule has 2 aromatic heterocycles. The van der Waals surface area contributed by atoms with Crippen molar-refractivity contribution in [2.45, 2.75) is 13.8 Å². The van der Waals surface area contributed by atoms with E-state index in [0.717, 1.165) is 15.9 Å². The minimum Gasteiger partial charge on any atom is -0.267 e. The normalized spacial score (nSPS) is 10.7. The van der Waals surface area contributed by atoms with Crippen LogP contribution in [0.15, 0.2) is 16.6 Å². The Morgan fingerprint density at radius 1 is 1.28 bits per heavy atom. The molecule has 0 bridgehead atoms. The molecule has 2 aromatic rings. The summed E-state index contributed by atoms with van der Waals surface area (Å²) in [6.45, 7) is 3.61. The molecular weight excluding hydrogens is 341 g/mol. The first-order chi connectivity index (χ1) is 8.40. The summed E-state index contributed by atoms with van der Waals surface area (Å²) in [4.78, 5) is 16.1. The Morgan fingerprint density at radius 2 is 1.83 bits per heavy atom. The van der Waals surface area contributed by atoms with Crippen molar-refractivity contribution in [1.29, 1.82) is 0 Å². The third-order valence-corrected chi connectivity index (χ3v) is 3.94. The van der Waals surface area contributed by atoms with Gasteiger partial charge < -0.3 is 0 Å². The monoisotopic (exact) mass is 347 g/mol. The summed E-state index contributed by atoms with van der Waals surface area (Å²) in [7, 11) is 0. The Kier molecular flexibility index (Phi) is 3.75. The first-order valence-electron chi connectivity index (χ1n) is 4.99. The van der Waals surface area contributed by atoms with Crippen LogP contribution in [0, 0.1) is 13.8 Å². The van der Waals surface area contributed by atoms with Crippen LogP contribution < -0.4 is 0 Å². The lowest BCUT2D eigenvalue weighted by molar-refractivity contribution is 0.0942. The summed E-state index contributed by atoms with van der Waals surface area (Å²) >= 11 is 14.9. The van der Waals surface area contributed by atoms with Gasteiger partial charge in [0.25, 0.3) is 5.91 Å². The van der Waals surface area contributed by atoms with Crippen molar-refractivity contribution in [2.75, 3.05) is 0 Å². The van der Waals surface area contributed by atoms with Gasteiger partial charge in [0.2, 0.25) is 0 Å². The van der Waals surface area contributed by atoms with Gasteiger partial charge in [-0.25, -0.2) is 4.98 Å². The van der Waals surface area contributed by atoms with Crippen molar-refractivity contribution in [3.63, 3.8) is 0 Å². The smallest absolute Gasteiger partial charge is 0.267 e. The van der Waals surface area contributed by atoms with E-state index in [9.17, 15) is 4.79 Å². The van der Waals surface area contributed by atoms with Crippen LogP contribution in [-0.2, 0) is 0 Å². The average Bonchev–Trinajstić information content (AvgIpc) is 2.55. The van der Waals surface area contributed by atoms with Gasteiger partial charge >= 0.3 is 0 Å². The van der Waals surface area contributed by atoms with E-state index in [0.29, 0.717) is 5.56 Å². The summed E-state index contributed by atoms with van der Waals surface area (Å²) in [6.07, 6.45) is 0. The van der Waals surface area contributed by atoms with Crippen molar-refractivity contribution < 1.29 is 4.79 Å². The summed E-state index contributed by atoms with van der Waals surface area (Å²) in [6, 6.07) is 2.92. The van der Waals surface area contributed by atoms with E-state index in [-0.39, 0.29) is 16.2 Å². The van der Waals surface area contributed by atoms with E-state index in [1.54, 1.807) is 6.92 Å². The van der Waals surface area contributed by atoms with Gasteiger partial charge in [0, 0.05) is 5.56 Å². The highest BCUT2D eigenvalue weighted by molar-refractivity contribution is 9.10. The van der Waals surface area contributed by atoms with E-state index in [1.807, 2.05) is 6.92 Å². The first kappa shape index (κ1) is 13.5. The Balaban J connectivity index is 2.51. The molecule has 0 saturated carbocycles. The molecule has 0 aliphatic heterocycles. The molecule has 0 fully saturated rings. The van der Waals surface area contributed by atoms with Gasteiger partial charge in [-0.3, -0.25) is 4.79 Å². The van der Waals surface area contributed by atoms with Crippen LogP contribution in [0.3, 0.4) is 0 Å². The van der Waals surface area contributed by atoms with Gasteiger partial charge in [0.1, 0.15) is 10.3 Å². The second kappa shape index (κ2) is 4.99. The second-order valence-electron chi connectivity index (χ2n) is 3.70. The van der Waals surface area contributed by atoms with Crippen molar-refractivity contribution in [1.82, 2.24) is 14.8 Å². The number of halogens is 3. The van der Waals surface area contributed by atoms with E-state index in [1.165, 1.54) is 16.8 Å². The Labute approximate surface area is 122 Å². The molecule has 0 saturated heterocycles. The molecule has 2 heterocycles. The number of nitrogens with zero attached hydrogens (tertiary/aromatic N) is 3. The third kappa shape index (κ3) is 2.43. The molecule has 0 aromatic carbocycles. The fraction of sp³-hybridized carbons (Fsp3) is 0.182. The molecule has 0 unspecified atom stereocenters. The molecule has 0 N–H and O–H groups in total. The topological polar surface area (TPSA) is 47.8 Å². The number of carbonyl (C=O) groups is 1. The zero-order chi connectivity index (χ0) is 13.4. The number of aromatic nitrogens is 3. The van der Waals surface area contributed by atoms with Gasteiger partial charge in [-0.2, -0.15) is 9.78 Å². The van der Waals surface area contributed by atoms with Crippen molar-refractivity contribution in [3.05, 3.63) is 43.9 Å². The maximum atomic E-state index is 12.3. The lowest BCUT2D eigenvalue weighted by Crippen LogP contribution is -2.15. The number of hydrogen-bond donors (Lipinski definition) is 0. The van der Waals surface area contributed by atoms with E-state index >= 15 is 0 Å². The summed E-state index contributed by atoms with van der Waals surface area (Å²) in [5.74, 6) is -0.299. The molecule has 4 nitrogen and oxygen atoms in total. The molecule has 0 spiro atoms. The highest BCUT2D eigenvalue weighted by Crippen LogP contribution is 2.22. The number of pyridine rings is 1. The quantitative estimate of drug-likeness (QED) is 0.739. The minimum atomic E-state index is -0.299. The fourth-order valence-corrected chi connectivity index (χ4v) is 2.24. The molecule has 0 aliphatic carbocycles. The summed E-state index contributed by atoms with van der Waals surface area (Å²) in [5.41, 5.74) is 1.81. The van der Waals surface area contributed by atoms with Gasteiger partial charge in [-0.15, -0.1) is 0 Å². The van der Waals surface area contributed by atoms with Crippen LogP contribution in [0.1, 0.15) is 21.7 Å². The standard InChI is InChI=1S/C11H8BrCl2N3O/c1-5-10(12)6(2)17(16-5)11(18)7-3-8(13)15-9(14)4-7/h3-4H,1-2H3. The lowest BCUT2D eigenvalue weighted by atomic mass is 10.2. The molecule has 0 radical (unpaired) electrons. The largest absolute Gasteiger partial charge is 0.278 e. The number of hydrogen-bond acceptors (Lipinski definition) is 3. The van der Waals surface area contributed by atoms with Crippen LogP contribution in [-0.4, -0.2) is 20.7 Å². The first-order valence-corrected chi connectivity index (χ1v) is 6.54. The average molecular weight is 349 g/mol. The van der Waals surface area contributed by atoms with E-state index in [2.05, 4.69) is 26.0 Å². The highest BCUT2D eigenvalue weighted by Gasteiger charge is 2.17. The van der Waals surface area contributed by atoms with Crippen molar-refractivity contribution in [2.24, 2.45) is 0 Å². The molecule has 7 heteroatoms. The van der Waals surface area contributed by atoms with Gasteiger partial charge in [0.15, 0.2) is 0 Å². The number of rotatable bonds is 1. The van der Waals surface area contributed by atoms with Crippen LogP contribution in [0.2, 0.25) is 10.3 Å². The molecule has 0 atom stereocenters. The highest BCUT2D eigenvalue weighted by atomic mass is 79.9. The Morgan fingerprint density at radius 3 is 2.28 bits per heavy atom. The zero-order valence-corrected chi connectivity index (χ0v) is 12.6. The maximum Gasteiger partial charge on any atom is 0.278 e. The summed E-state index contributed by atoms with van der Waals surface area (Å²) in [5, 5.41) is 4.50. The maximum absolute atomic E-state index is 12.3. The van der Waals surface area contributed by atoms with Gasteiger partial charge in [-0.1, -0.05) is 23.2 Å². The SMILES string of the molecule is Cc1nn(C(=O)c2cc(Cl)nc(Cl)c2)c(C)c1Br. The number of carbonyl (C=O) groups excluding carboxylic acids is 1. The minimum absolute atomic E-state index is 0.173. The molecule has 0 aliphatic rings. The van der Waals surface area contributed by atoms with Crippen LogP contribution in [0.5, 0.6) is 0 Å². The Hall–Kier alpha value is -0.910. The van der Waals surface area contributed by atoms with Crippen LogP contribution in [0.25, 0.3) is 0 Å². The summed E-state index contributed by atoms with van der Waals surface area (Å²) < 4.78 is 2.11. The third-order valence-electron chi connectivity index (χ3n) is 2.41. The lowest BCUT2D eigenvalue weighted by Gasteiger charge is -2.04. The van der Waals surface area contributed by atoms with Crippen molar-refractivity contribution >= 4 is 45.0 Å². The molecular formula is C11H8BrCl2N3O. The zero-order valence-electron chi connectivity index (χ0n) is 9.54. The van der Waals surface area contributed by atoms with Crippen molar-refractivity contribution in [3.8, 4) is 0 Å². The molecule has 18 heavy (non-hydrogen) atoms. The van der Waals surface area contributed by atoms with Crippen LogP contribution in [0.4, 0.5) is 0 Å². The van der Waals surface area contributed by atoms with Gasteiger partial charge in [0.05, 0.1) is 15.9 Å². The van der Waals surface area contributed by atoms with Gasteiger partial charge in [-0.05, 0) is 41.9 Å². The molecule has 0 amide bonds. The fourth-order valence-electron chi connectivity index (χ4n) is 1.53. The number of aryl methyl sites for hydroxylation is 1. The Bertz CT molecular complexity index is 619. The van der Waals surface area contributed by atoms with E-state index < -0.39 is 0 Å². The predicted molar refractivity (Wildman–Crippen MR) is 73.4 cm³/mol. The molecule has 94 valence electrons. The second-order valence-corrected chi connectivity index (χ2v) is 5.27. The predicted octanol–water partition coefficient (Wildman–Crippen LogP) is 3.65.